The number of aromatic nitrogens is 2. The Morgan fingerprint density at radius 3 is 2.71 bits per heavy atom. The summed E-state index contributed by atoms with van der Waals surface area (Å²) in [5, 5.41) is 4.24. The second-order valence-electron chi connectivity index (χ2n) is 5.08. The number of thioether (sulfide) groups is 1. The molecule has 1 aromatic heterocycles. The van der Waals surface area contributed by atoms with Gasteiger partial charge in [-0.1, -0.05) is 18.2 Å². The molecule has 0 spiro atoms. The Balaban J connectivity index is 2.17. The quantitative estimate of drug-likeness (QED) is 0.602. The van der Waals surface area contributed by atoms with E-state index >= 15 is 0 Å². The fourth-order valence-electron chi connectivity index (χ4n) is 2.08. The smallest absolute Gasteiger partial charge is 0.194 e. The Morgan fingerprint density at radius 2 is 2.10 bits per heavy atom. The van der Waals surface area contributed by atoms with Crippen molar-refractivity contribution in [3.8, 4) is 5.75 Å². The van der Waals surface area contributed by atoms with E-state index in [0.717, 1.165) is 4.90 Å². The monoisotopic (exact) mass is 304 g/mol. The molecule has 1 heterocycles. The highest BCUT2D eigenvalue weighted by Crippen LogP contribution is 2.26. The van der Waals surface area contributed by atoms with Crippen LogP contribution in [0.15, 0.2) is 35.4 Å². The molecule has 0 aliphatic heterocycles. The molecular weight excluding hydrogens is 284 g/mol. The van der Waals surface area contributed by atoms with Crippen LogP contribution in [0, 0.1) is 6.92 Å². The molecule has 0 aliphatic carbocycles. The lowest BCUT2D eigenvalue weighted by molar-refractivity contribution is 0.100. The first-order valence-electron chi connectivity index (χ1n) is 6.87. The molecule has 0 saturated carbocycles. The summed E-state index contributed by atoms with van der Waals surface area (Å²) < 4.78 is 6.98. The SMILES string of the molecule is COc1cnn(C(C)C)c1C(=O)CSc1ccccc1C. The Morgan fingerprint density at radius 1 is 1.38 bits per heavy atom. The van der Waals surface area contributed by atoms with Crippen molar-refractivity contribution < 1.29 is 9.53 Å². The van der Waals surface area contributed by atoms with Gasteiger partial charge in [-0.15, -0.1) is 11.8 Å². The van der Waals surface area contributed by atoms with E-state index in [1.165, 1.54) is 5.56 Å². The molecule has 2 rings (SSSR count). The predicted octanol–water partition coefficient (Wildman–Crippen LogP) is 3.76. The first-order chi connectivity index (χ1) is 10.0. The van der Waals surface area contributed by atoms with Crippen molar-refractivity contribution in [3.05, 3.63) is 41.7 Å². The van der Waals surface area contributed by atoms with E-state index in [0.29, 0.717) is 17.2 Å². The Kier molecular flexibility index (Phi) is 5.07. The Bertz CT molecular complexity index is 635. The van der Waals surface area contributed by atoms with Gasteiger partial charge in [-0.25, -0.2) is 0 Å². The summed E-state index contributed by atoms with van der Waals surface area (Å²) in [6, 6.07) is 8.18. The average molecular weight is 304 g/mol. The van der Waals surface area contributed by atoms with Crippen LogP contribution in [-0.4, -0.2) is 28.4 Å². The van der Waals surface area contributed by atoms with Crippen LogP contribution in [-0.2, 0) is 0 Å². The zero-order valence-corrected chi connectivity index (χ0v) is 13.6. The number of ketones is 1. The zero-order chi connectivity index (χ0) is 15.4. The molecule has 1 aromatic carbocycles. The summed E-state index contributed by atoms with van der Waals surface area (Å²) in [7, 11) is 1.56. The van der Waals surface area contributed by atoms with Crippen LogP contribution in [0.5, 0.6) is 5.75 Å². The van der Waals surface area contributed by atoms with Gasteiger partial charge in [0.05, 0.1) is 19.1 Å². The van der Waals surface area contributed by atoms with Crippen molar-refractivity contribution in [1.82, 2.24) is 9.78 Å². The minimum Gasteiger partial charge on any atom is -0.493 e. The van der Waals surface area contributed by atoms with Crippen LogP contribution in [0.2, 0.25) is 0 Å². The fraction of sp³-hybridized carbons (Fsp3) is 0.375. The summed E-state index contributed by atoms with van der Waals surface area (Å²) in [4.78, 5) is 13.7. The Hall–Kier alpha value is -1.75. The maximum atomic E-state index is 12.5. The molecule has 5 heteroatoms. The number of nitrogens with zero attached hydrogens (tertiary/aromatic N) is 2. The lowest BCUT2D eigenvalue weighted by atomic mass is 10.2. The van der Waals surface area contributed by atoms with Crippen molar-refractivity contribution in [2.45, 2.75) is 31.7 Å². The molecule has 21 heavy (non-hydrogen) atoms. The number of hydrogen-bond donors (Lipinski definition) is 0. The average Bonchev–Trinajstić information content (AvgIpc) is 2.90. The van der Waals surface area contributed by atoms with Crippen LogP contribution >= 0.6 is 11.8 Å². The largest absolute Gasteiger partial charge is 0.493 e. The van der Waals surface area contributed by atoms with Crippen molar-refractivity contribution in [3.63, 3.8) is 0 Å². The van der Waals surface area contributed by atoms with Gasteiger partial charge < -0.3 is 4.74 Å². The van der Waals surface area contributed by atoms with E-state index in [9.17, 15) is 4.79 Å². The van der Waals surface area contributed by atoms with E-state index in [1.807, 2.05) is 45.0 Å². The number of methoxy groups -OCH3 is 1. The van der Waals surface area contributed by atoms with Crippen molar-refractivity contribution >= 4 is 17.5 Å². The van der Waals surface area contributed by atoms with Gasteiger partial charge in [-0.2, -0.15) is 5.10 Å². The molecule has 0 N–H and O–H groups in total. The van der Waals surface area contributed by atoms with Crippen LogP contribution in [0.1, 0.15) is 35.9 Å². The van der Waals surface area contributed by atoms with E-state index in [4.69, 9.17) is 4.74 Å². The molecular formula is C16H20N2O2S. The summed E-state index contributed by atoms with van der Waals surface area (Å²) in [5.41, 5.74) is 1.73. The third-order valence-electron chi connectivity index (χ3n) is 3.19. The minimum absolute atomic E-state index is 0.0336. The normalized spacial score (nSPS) is 10.9. The molecule has 0 unspecified atom stereocenters. The maximum Gasteiger partial charge on any atom is 0.194 e. The third kappa shape index (κ3) is 3.47. The molecule has 0 bridgehead atoms. The van der Waals surface area contributed by atoms with Crippen LogP contribution < -0.4 is 4.74 Å². The molecule has 4 nitrogen and oxygen atoms in total. The van der Waals surface area contributed by atoms with Gasteiger partial charge in [0.1, 0.15) is 5.69 Å². The lowest BCUT2D eigenvalue weighted by Crippen LogP contribution is -2.15. The third-order valence-corrected chi connectivity index (χ3v) is 4.36. The molecule has 112 valence electrons. The van der Waals surface area contributed by atoms with Crippen molar-refractivity contribution in [2.24, 2.45) is 0 Å². The van der Waals surface area contributed by atoms with Gasteiger partial charge in [0.25, 0.3) is 0 Å². The molecule has 0 saturated heterocycles. The van der Waals surface area contributed by atoms with Gasteiger partial charge in [-0.05, 0) is 32.4 Å². The van der Waals surface area contributed by atoms with E-state index in [2.05, 4.69) is 5.10 Å². The molecule has 0 radical (unpaired) electrons. The van der Waals surface area contributed by atoms with Crippen LogP contribution in [0.3, 0.4) is 0 Å². The van der Waals surface area contributed by atoms with E-state index in [-0.39, 0.29) is 11.8 Å². The van der Waals surface area contributed by atoms with Gasteiger partial charge in [0.15, 0.2) is 11.5 Å². The second kappa shape index (κ2) is 6.80. The van der Waals surface area contributed by atoms with Crippen LogP contribution in [0.4, 0.5) is 0 Å². The first kappa shape index (κ1) is 15.6. The molecule has 2 aromatic rings. The zero-order valence-electron chi connectivity index (χ0n) is 12.8. The van der Waals surface area contributed by atoms with E-state index in [1.54, 1.807) is 29.8 Å². The number of rotatable bonds is 6. The summed E-state index contributed by atoms with van der Waals surface area (Å²) in [5.74, 6) is 0.949. The summed E-state index contributed by atoms with van der Waals surface area (Å²) >= 11 is 1.55. The second-order valence-corrected chi connectivity index (χ2v) is 6.09. The standard InChI is InChI=1S/C16H20N2O2S/c1-11(2)18-16(14(20-4)9-17-18)13(19)10-21-15-8-6-5-7-12(15)3/h5-9,11H,10H2,1-4H3. The van der Waals surface area contributed by atoms with Crippen molar-refractivity contribution in [2.75, 3.05) is 12.9 Å². The molecule has 0 aliphatic rings. The Labute approximate surface area is 129 Å². The fourth-order valence-corrected chi connectivity index (χ4v) is 2.98. The molecule has 0 amide bonds. The topological polar surface area (TPSA) is 44.1 Å². The van der Waals surface area contributed by atoms with E-state index < -0.39 is 0 Å². The predicted molar refractivity (Wildman–Crippen MR) is 85.4 cm³/mol. The number of hydrogen-bond acceptors (Lipinski definition) is 4. The highest BCUT2D eigenvalue weighted by Gasteiger charge is 2.21. The first-order valence-corrected chi connectivity index (χ1v) is 7.86. The van der Waals surface area contributed by atoms with Crippen molar-refractivity contribution in [1.29, 1.82) is 0 Å². The van der Waals surface area contributed by atoms with Gasteiger partial charge in [0.2, 0.25) is 0 Å². The number of benzene rings is 1. The highest BCUT2D eigenvalue weighted by atomic mass is 32.2. The number of aryl methyl sites for hydroxylation is 1. The molecule has 0 fully saturated rings. The molecule has 0 atom stereocenters. The van der Waals surface area contributed by atoms with Gasteiger partial charge in [-0.3, -0.25) is 9.48 Å². The maximum absolute atomic E-state index is 12.5. The lowest BCUT2D eigenvalue weighted by Gasteiger charge is -2.11. The number of ether oxygens (including phenoxy) is 1. The number of carbonyl (C=O) groups excluding carboxylic acids is 1. The van der Waals surface area contributed by atoms with Gasteiger partial charge >= 0.3 is 0 Å². The van der Waals surface area contributed by atoms with Crippen LogP contribution in [0.25, 0.3) is 0 Å². The number of Topliss-reactive ketones (excluding diaryl/α,β-unsaturated/α-hetero) is 1. The summed E-state index contributed by atoms with van der Waals surface area (Å²) in [6.45, 7) is 6.04. The van der Waals surface area contributed by atoms with Gasteiger partial charge in [0, 0.05) is 10.9 Å². The summed E-state index contributed by atoms with van der Waals surface area (Å²) in [6.07, 6.45) is 1.60. The highest BCUT2D eigenvalue weighted by molar-refractivity contribution is 8.00. The number of carbonyl (C=O) groups is 1. The minimum atomic E-state index is 0.0336.